The predicted molar refractivity (Wildman–Crippen MR) is 85.6 cm³/mol. The number of carbonyl (C=O) groups is 6. The number of hydrogen-bond acceptors (Lipinski definition) is 8. The van der Waals surface area contributed by atoms with Crippen LogP contribution in [-0.4, -0.2) is 46.0 Å². The van der Waals surface area contributed by atoms with Crippen LogP contribution in [0.25, 0.3) is 0 Å². The van der Waals surface area contributed by atoms with E-state index < -0.39 is 35.8 Å². The smallest absolute Gasteiger partial charge is 0.341 e. The molecule has 0 saturated heterocycles. The molecule has 10 heteroatoms. The van der Waals surface area contributed by atoms with Crippen molar-refractivity contribution in [2.24, 2.45) is 0 Å². The highest BCUT2D eigenvalue weighted by Crippen LogP contribution is 2.02. The van der Waals surface area contributed by atoms with Crippen LogP contribution in [0.15, 0.2) is 23.3 Å². The highest BCUT2D eigenvalue weighted by molar-refractivity contribution is 6.05. The van der Waals surface area contributed by atoms with E-state index in [0.29, 0.717) is 12.2 Å². The van der Waals surface area contributed by atoms with Gasteiger partial charge in [-0.1, -0.05) is 13.8 Å². The molecule has 0 aromatic rings. The molecule has 0 spiro atoms. The molecule has 10 nitrogen and oxygen atoms in total. The Kier molecular flexibility index (Phi) is 12.5. The Hall–Kier alpha value is -3.30. The van der Waals surface area contributed by atoms with Gasteiger partial charge in [0.25, 0.3) is 0 Å². The third-order valence-corrected chi connectivity index (χ3v) is 2.31. The molecule has 0 heterocycles. The lowest BCUT2D eigenvalue weighted by molar-refractivity contribution is -0.159. The van der Waals surface area contributed by atoms with Crippen molar-refractivity contribution < 1.29 is 48.5 Å². The van der Waals surface area contributed by atoms with Crippen LogP contribution in [0.2, 0.25) is 0 Å². The van der Waals surface area contributed by atoms with Crippen molar-refractivity contribution in [1.82, 2.24) is 0 Å². The van der Waals surface area contributed by atoms with Gasteiger partial charge in [-0.2, -0.15) is 0 Å². The summed E-state index contributed by atoms with van der Waals surface area (Å²) in [5.41, 5.74) is -0.567. The summed E-state index contributed by atoms with van der Waals surface area (Å²) in [5, 5.41) is 16.7. The summed E-state index contributed by atoms with van der Waals surface area (Å²) in [6.45, 7) is 5.59. The van der Waals surface area contributed by atoms with Crippen LogP contribution < -0.4 is 0 Å². The molecule has 0 fully saturated rings. The maximum absolute atomic E-state index is 11.1. The minimum atomic E-state index is -1.36. The summed E-state index contributed by atoms with van der Waals surface area (Å²) in [5.74, 6) is -5.91. The molecule has 0 aliphatic carbocycles. The van der Waals surface area contributed by atoms with E-state index in [0.717, 1.165) is 13.8 Å². The van der Waals surface area contributed by atoms with Gasteiger partial charge in [0.05, 0.1) is 0 Å². The Morgan fingerprint density at radius 1 is 0.692 bits per heavy atom. The van der Waals surface area contributed by atoms with Crippen molar-refractivity contribution in [3.05, 3.63) is 23.3 Å². The van der Waals surface area contributed by atoms with Gasteiger partial charge < -0.3 is 19.7 Å². The van der Waals surface area contributed by atoms with Crippen LogP contribution >= 0.6 is 0 Å². The molecule has 26 heavy (non-hydrogen) atoms. The van der Waals surface area contributed by atoms with Gasteiger partial charge in [0.1, 0.15) is 0 Å². The van der Waals surface area contributed by atoms with Crippen molar-refractivity contribution in [3.8, 4) is 0 Å². The Morgan fingerprint density at radius 3 is 1.23 bits per heavy atom. The average molecular weight is 372 g/mol. The average Bonchev–Trinajstić information content (AvgIpc) is 2.53. The van der Waals surface area contributed by atoms with Crippen molar-refractivity contribution in [3.63, 3.8) is 0 Å². The third kappa shape index (κ3) is 13.2. The fraction of sp³-hybridized carbons (Fsp3) is 0.375. The van der Waals surface area contributed by atoms with Crippen molar-refractivity contribution >= 4 is 35.8 Å². The zero-order valence-electron chi connectivity index (χ0n) is 14.7. The number of hydrogen-bond donors (Lipinski definition) is 2. The standard InChI is InChI=1S/C10H10O7.C6H10O3/c1-5(3-7(11)12)9(15)17-10(16)6(2)4-8(13)14;1-3-5(7)9-6(8)4-2/h3-4H,1-2H3,(H,11,12)(H,13,14);3-4H2,1-2H3/b5-3-,6-4-;. The van der Waals surface area contributed by atoms with Crippen LogP contribution in [-0.2, 0) is 38.2 Å². The zero-order valence-corrected chi connectivity index (χ0v) is 14.7. The number of ether oxygens (including phenoxy) is 2. The first-order valence-electron chi connectivity index (χ1n) is 7.26. The molecular weight excluding hydrogens is 352 g/mol. The minimum Gasteiger partial charge on any atom is -0.478 e. The molecule has 144 valence electrons. The van der Waals surface area contributed by atoms with E-state index in [9.17, 15) is 28.8 Å². The number of esters is 4. The molecule has 0 aliphatic heterocycles. The molecule has 0 saturated carbocycles. The minimum absolute atomic E-state index is 0.256. The molecular formula is C16H20O10. The van der Waals surface area contributed by atoms with E-state index in [2.05, 4.69) is 9.47 Å². The molecule has 0 aromatic carbocycles. The SMILES string of the molecule is C/C(=C/C(=O)O)C(=O)OC(=O)/C(C)=C\C(=O)O.CCC(=O)OC(=O)CC. The first-order chi connectivity index (χ1) is 11.9. The monoisotopic (exact) mass is 372 g/mol. The van der Waals surface area contributed by atoms with E-state index in [1.807, 2.05) is 0 Å². The summed E-state index contributed by atoms with van der Waals surface area (Å²) in [6, 6.07) is 0. The number of rotatable bonds is 6. The molecule has 0 amide bonds. The summed E-state index contributed by atoms with van der Waals surface area (Å²) >= 11 is 0. The summed E-state index contributed by atoms with van der Waals surface area (Å²) in [6.07, 6.45) is 1.66. The van der Waals surface area contributed by atoms with E-state index in [1.165, 1.54) is 0 Å². The van der Waals surface area contributed by atoms with Crippen molar-refractivity contribution in [2.75, 3.05) is 0 Å². The lowest BCUT2D eigenvalue weighted by atomic mass is 10.2. The van der Waals surface area contributed by atoms with Gasteiger partial charge in [-0.15, -0.1) is 0 Å². The third-order valence-electron chi connectivity index (χ3n) is 2.31. The van der Waals surface area contributed by atoms with Gasteiger partial charge >= 0.3 is 35.8 Å². The molecule has 0 atom stereocenters. The second-order valence-electron chi connectivity index (χ2n) is 4.56. The molecule has 0 aliphatic rings. The van der Waals surface area contributed by atoms with E-state index in [1.54, 1.807) is 13.8 Å². The quantitative estimate of drug-likeness (QED) is 0.390. The first kappa shape index (κ1) is 24.9. The Labute approximate surface area is 149 Å². The normalized spacial score (nSPS) is 10.8. The second kappa shape index (κ2) is 13.0. The molecule has 0 bridgehead atoms. The fourth-order valence-electron chi connectivity index (χ4n) is 1.00. The highest BCUT2D eigenvalue weighted by atomic mass is 16.6. The predicted octanol–water partition coefficient (Wildman–Crippen LogP) is 0.994. The molecule has 0 aromatic heterocycles. The van der Waals surface area contributed by atoms with E-state index >= 15 is 0 Å². The lowest BCUT2D eigenvalue weighted by Crippen LogP contribution is -2.15. The maximum atomic E-state index is 11.1. The highest BCUT2D eigenvalue weighted by Gasteiger charge is 2.15. The molecule has 0 rings (SSSR count). The second-order valence-corrected chi connectivity index (χ2v) is 4.56. The Balaban J connectivity index is 0. The fourth-order valence-corrected chi connectivity index (χ4v) is 1.00. The first-order valence-corrected chi connectivity index (χ1v) is 7.26. The zero-order chi connectivity index (χ0) is 20.9. The summed E-state index contributed by atoms with van der Waals surface area (Å²) in [4.78, 5) is 63.4. The van der Waals surface area contributed by atoms with Gasteiger partial charge in [0.2, 0.25) is 0 Å². The maximum Gasteiger partial charge on any atom is 0.341 e. The van der Waals surface area contributed by atoms with Crippen LogP contribution in [0.1, 0.15) is 40.5 Å². The van der Waals surface area contributed by atoms with E-state index in [4.69, 9.17) is 10.2 Å². The van der Waals surface area contributed by atoms with Crippen LogP contribution in [0.3, 0.4) is 0 Å². The number of aliphatic carboxylic acids is 2. The topological polar surface area (TPSA) is 161 Å². The number of carboxylic acids is 2. The molecule has 0 unspecified atom stereocenters. The summed E-state index contributed by atoms with van der Waals surface area (Å²) in [7, 11) is 0. The van der Waals surface area contributed by atoms with Crippen molar-refractivity contribution in [2.45, 2.75) is 40.5 Å². The van der Waals surface area contributed by atoms with Gasteiger partial charge in [-0.25, -0.2) is 19.2 Å². The van der Waals surface area contributed by atoms with Crippen molar-refractivity contribution in [1.29, 1.82) is 0 Å². The number of carbonyl (C=O) groups excluding carboxylic acids is 4. The van der Waals surface area contributed by atoms with Gasteiger partial charge in [-0.3, -0.25) is 9.59 Å². The Morgan fingerprint density at radius 2 is 1.00 bits per heavy atom. The summed E-state index contributed by atoms with van der Waals surface area (Å²) < 4.78 is 8.51. The Bertz CT molecular complexity index is 585. The number of carboxylic acid groups (broad SMARTS) is 2. The van der Waals surface area contributed by atoms with Gasteiger partial charge in [0.15, 0.2) is 0 Å². The molecule has 2 N–H and O–H groups in total. The van der Waals surface area contributed by atoms with Crippen LogP contribution in [0, 0.1) is 0 Å². The van der Waals surface area contributed by atoms with Crippen LogP contribution in [0.5, 0.6) is 0 Å². The largest absolute Gasteiger partial charge is 0.478 e. The molecule has 0 radical (unpaired) electrons. The van der Waals surface area contributed by atoms with Gasteiger partial charge in [0, 0.05) is 36.1 Å². The van der Waals surface area contributed by atoms with Crippen LogP contribution in [0.4, 0.5) is 0 Å². The van der Waals surface area contributed by atoms with Gasteiger partial charge in [-0.05, 0) is 13.8 Å². The van der Waals surface area contributed by atoms with E-state index in [-0.39, 0.29) is 24.0 Å². The lowest BCUT2D eigenvalue weighted by Gasteiger charge is -2.01.